The maximum Gasteiger partial charge on any atom is 0.326 e. The van der Waals surface area contributed by atoms with Crippen molar-refractivity contribution in [3.8, 4) is 0 Å². The maximum absolute atomic E-state index is 11.5. The molecule has 20 heavy (non-hydrogen) atoms. The summed E-state index contributed by atoms with van der Waals surface area (Å²) in [5.41, 5.74) is 3.06. The van der Waals surface area contributed by atoms with Crippen LogP contribution in [0.4, 0.5) is 11.4 Å². The largest absolute Gasteiger partial charge is 0.480 e. The molecule has 3 rings (SSSR count). The number of hydrogen-bond donors (Lipinski definition) is 1. The van der Waals surface area contributed by atoms with Gasteiger partial charge in [0.1, 0.15) is 6.04 Å². The molecule has 1 atom stereocenters. The molecular weight excluding hydrogens is 256 g/mol. The Morgan fingerprint density at radius 2 is 2.10 bits per heavy atom. The lowest BCUT2D eigenvalue weighted by Gasteiger charge is -2.24. The second kappa shape index (κ2) is 4.81. The van der Waals surface area contributed by atoms with Crippen molar-refractivity contribution in [2.24, 2.45) is 0 Å². The van der Waals surface area contributed by atoms with E-state index in [0.29, 0.717) is 6.42 Å². The summed E-state index contributed by atoms with van der Waals surface area (Å²) in [6.07, 6.45) is 2.45. The number of aliphatic carboxylic acids is 1. The molecule has 0 aliphatic carbocycles. The van der Waals surface area contributed by atoms with Crippen LogP contribution in [0.2, 0.25) is 0 Å². The van der Waals surface area contributed by atoms with Crippen LogP contribution < -0.4 is 9.80 Å². The minimum absolute atomic E-state index is 0.0566. The number of rotatable bonds is 2. The highest BCUT2D eigenvalue weighted by Gasteiger charge is 2.31. The highest BCUT2D eigenvalue weighted by Crippen LogP contribution is 2.34. The van der Waals surface area contributed by atoms with Crippen LogP contribution in [0, 0.1) is 0 Å². The molecule has 0 radical (unpaired) electrons. The first-order valence-corrected chi connectivity index (χ1v) is 6.98. The van der Waals surface area contributed by atoms with Gasteiger partial charge in [0.2, 0.25) is 5.91 Å². The van der Waals surface area contributed by atoms with Crippen LogP contribution in [-0.2, 0) is 16.0 Å². The first-order chi connectivity index (χ1) is 9.58. The van der Waals surface area contributed by atoms with Crippen molar-refractivity contribution >= 4 is 23.3 Å². The van der Waals surface area contributed by atoms with E-state index < -0.39 is 12.0 Å². The zero-order chi connectivity index (χ0) is 14.3. The molecule has 1 saturated heterocycles. The smallest absolute Gasteiger partial charge is 0.326 e. The van der Waals surface area contributed by atoms with Crippen molar-refractivity contribution in [2.45, 2.75) is 32.2 Å². The fourth-order valence-electron chi connectivity index (χ4n) is 3.23. The zero-order valence-corrected chi connectivity index (χ0v) is 11.5. The molecule has 106 valence electrons. The molecule has 5 heteroatoms. The molecule has 0 bridgehead atoms. The molecule has 1 unspecified atom stereocenters. The van der Waals surface area contributed by atoms with Gasteiger partial charge in [0.05, 0.1) is 0 Å². The molecule has 5 nitrogen and oxygen atoms in total. The third-order valence-electron chi connectivity index (χ3n) is 4.21. The summed E-state index contributed by atoms with van der Waals surface area (Å²) < 4.78 is 0. The van der Waals surface area contributed by atoms with Crippen LogP contribution in [-0.4, -0.2) is 36.1 Å². The third kappa shape index (κ3) is 2.03. The topological polar surface area (TPSA) is 60.9 Å². The Balaban J connectivity index is 1.90. The molecule has 1 aromatic rings. The summed E-state index contributed by atoms with van der Waals surface area (Å²) >= 11 is 0. The monoisotopic (exact) mass is 274 g/mol. The van der Waals surface area contributed by atoms with E-state index in [1.807, 2.05) is 23.1 Å². The zero-order valence-electron chi connectivity index (χ0n) is 11.5. The van der Waals surface area contributed by atoms with Gasteiger partial charge in [0.15, 0.2) is 0 Å². The molecule has 1 fully saturated rings. The molecule has 2 aliphatic rings. The third-order valence-corrected chi connectivity index (χ3v) is 4.21. The molecule has 2 heterocycles. The van der Waals surface area contributed by atoms with Crippen LogP contribution in [0.1, 0.15) is 25.3 Å². The van der Waals surface area contributed by atoms with Crippen molar-refractivity contribution in [1.29, 1.82) is 0 Å². The normalized spacial score (nSPS) is 21.1. The lowest BCUT2D eigenvalue weighted by molar-refractivity contribution is -0.138. The molecule has 0 saturated carbocycles. The van der Waals surface area contributed by atoms with E-state index in [0.717, 1.165) is 42.9 Å². The van der Waals surface area contributed by atoms with E-state index in [-0.39, 0.29) is 5.91 Å². The van der Waals surface area contributed by atoms with Crippen LogP contribution in [0.3, 0.4) is 0 Å². The van der Waals surface area contributed by atoms with Gasteiger partial charge in [-0.05, 0) is 43.0 Å². The predicted octanol–water partition coefficient (Wildman–Crippen LogP) is 1.65. The molecule has 1 N–H and O–H groups in total. The fraction of sp³-hybridized carbons (Fsp3) is 0.467. The number of anilines is 2. The van der Waals surface area contributed by atoms with Crippen molar-refractivity contribution in [3.63, 3.8) is 0 Å². The van der Waals surface area contributed by atoms with Gasteiger partial charge in [0.25, 0.3) is 0 Å². The van der Waals surface area contributed by atoms with Gasteiger partial charge in [-0.25, -0.2) is 4.79 Å². The average Bonchev–Trinajstić information content (AvgIpc) is 3.04. The van der Waals surface area contributed by atoms with Crippen LogP contribution in [0.15, 0.2) is 18.2 Å². The van der Waals surface area contributed by atoms with Crippen molar-refractivity contribution in [1.82, 2.24) is 0 Å². The van der Waals surface area contributed by atoms with Gasteiger partial charge in [-0.15, -0.1) is 0 Å². The fourth-order valence-corrected chi connectivity index (χ4v) is 3.23. The second-order valence-corrected chi connectivity index (χ2v) is 5.42. The molecular formula is C15H18N2O3. The standard InChI is InChI=1S/C15H18N2O3/c1-10(18)16-8-6-11-9-12(4-5-13(11)16)17-7-2-3-14(17)15(19)20/h4-5,9,14H,2-3,6-8H2,1H3,(H,19,20). The first-order valence-electron chi connectivity index (χ1n) is 6.98. The van der Waals surface area contributed by atoms with Crippen LogP contribution in [0.25, 0.3) is 0 Å². The molecule has 1 amide bonds. The van der Waals surface area contributed by atoms with Gasteiger partial charge >= 0.3 is 5.97 Å². The second-order valence-electron chi connectivity index (χ2n) is 5.42. The minimum Gasteiger partial charge on any atom is -0.480 e. The maximum atomic E-state index is 11.5. The first kappa shape index (κ1) is 13.0. The molecule has 0 spiro atoms. The Bertz CT molecular complexity index is 570. The molecule has 1 aromatic carbocycles. The number of fused-ring (bicyclic) bond motifs is 1. The average molecular weight is 274 g/mol. The van der Waals surface area contributed by atoms with E-state index >= 15 is 0 Å². The summed E-state index contributed by atoms with van der Waals surface area (Å²) in [5, 5.41) is 9.26. The highest BCUT2D eigenvalue weighted by molar-refractivity contribution is 5.94. The van der Waals surface area contributed by atoms with E-state index in [4.69, 9.17) is 0 Å². The Morgan fingerprint density at radius 3 is 2.80 bits per heavy atom. The summed E-state index contributed by atoms with van der Waals surface area (Å²) in [6.45, 7) is 3.08. The Labute approximate surface area is 117 Å². The number of carbonyl (C=O) groups excluding carboxylic acids is 1. The number of carboxylic acid groups (broad SMARTS) is 1. The number of nitrogens with zero attached hydrogens (tertiary/aromatic N) is 2. The Kier molecular flexibility index (Phi) is 3.12. The molecule has 0 aromatic heterocycles. The van der Waals surface area contributed by atoms with Gasteiger partial charge in [0, 0.05) is 31.4 Å². The van der Waals surface area contributed by atoms with Gasteiger partial charge in [-0.1, -0.05) is 0 Å². The quantitative estimate of drug-likeness (QED) is 0.890. The Morgan fingerprint density at radius 1 is 1.30 bits per heavy atom. The Hall–Kier alpha value is -2.04. The van der Waals surface area contributed by atoms with Crippen LogP contribution >= 0.6 is 0 Å². The highest BCUT2D eigenvalue weighted by atomic mass is 16.4. The number of carbonyl (C=O) groups is 2. The number of hydrogen-bond acceptors (Lipinski definition) is 3. The summed E-state index contributed by atoms with van der Waals surface area (Å²) in [4.78, 5) is 26.5. The lowest BCUT2D eigenvalue weighted by Crippen LogP contribution is -2.35. The van der Waals surface area contributed by atoms with E-state index in [9.17, 15) is 14.7 Å². The summed E-state index contributed by atoms with van der Waals surface area (Å²) in [7, 11) is 0. The molecule has 2 aliphatic heterocycles. The minimum atomic E-state index is -0.756. The van der Waals surface area contributed by atoms with Gasteiger partial charge in [-0.3, -0.25) is 4.79 Å². The lowest BCUT2D eigenvalue weighted by atomic mass is 10.1. The SMILES string of the molecule is CC(=O)N1CCc2cc(N3CCCC3C(=O)O)ccc21. The number of carboxylic acids is 1. The van der Waals surface area contributed by atoms with Crippen LogP contribution in [0.5, 0.6) is 0 Å². The summed E-state index contributed by atoms with van der Waals surface area (Å²) in [6, 6.07) is 5.50. The van der Waals surface area contributed by atoms with E-state index in [1.54, 1.807) is 11.8 Å². The van der Waals surface area contributed by atoms with Crippen molar-refractivity contribution in [3.05, 3.63) is 23.8 Å². The number of benzene rings is 1. The van der Waals surface area contributed by atoms with E-state index in [2.05, 4.69) is 0 Å². The summed E-state index contributed by atoms with van der Waals surface area (Å²) in [5.74, 6) is -0.700. The van der Waals surface area contributed by atoms with E-state index in [1.165, 1.54) is 0 Å². The van der Waals surface area contributed by atoms with Crippen molar-refractivity contribution < 1.29 is 14.7 Å². The van der Waals surface area contributed by atoms with Gasteiger partial charge < -0.3 is 14.9 Å². The van der Waals surface area contributed by atoms with Gasteiger partial charge in [-0.2, -0.15) is 0 Å². The predicted molar refractivity (Wildman–Crippen MR) is 76.2 cm³/mol. The van der Waals surface area contributed by atoms with Crippen molar-refractivity contribution in [2.75, 3.05) is 22.9 Å². The number of amides is 1.